The molecule has 0 spiro atoms. The molecule has 0 fully saturated rings. The maximum Gasteiger partial charge on any atom is 0.326 e. The molecule has 7 heteroatoms. The van der Waals surface area contributed by atoms with E-state index in [0.717, 1.165) is 5.56 Å². The standard InChI is InChI=1S/C17H23FN2O4/c1-17(2,3)20-15(22)10-13(16(23)24)19-14(21)9-6-11-4-7-12(18)8-5-11/h4-5,7-8,13H,6,9-10H2,1-3H3,(H,19,21)(H,20,22)(H,23,24). The Bertz CT molecular complexity index is 594. The molecule has 0 aliphatic heterocycles. The second-order valence-electron chi connectivity index (χ2n) is 6.59. The summed E-state index contributed by atoms with van der Waals surface area (Å²) in [5.41, 5.74) is 0.288. The summed E-state index contributed by atoms with van der Waals surface area (Å²) in [5.74, 6) is -2.56. The fourth-order valence-electron chi connectivity index (χ4n) is 2.03. The van der Waals surface area contributed by atoms with E-state index in [4.69, 9.17) is 5.11 Å². The topological polar surface area (TPSA) is 95.5 Å². The number of carbonyl (C=O) groups is 3. The van der Waals surface area contributed by atoms with Gasteiger partial charge < -0.3 is 15.7 Å². The van der Waals surface area contributed by atoms with E-state index in [9.17, 15) is 18.8 Å². The average molecular weight is 338 g/mol. The Morgan fingerprint density at radius 2 is 1.71 bits per heavy atom. The summed E-state index contributed by atoms with van der Waals surface area (Å²) in [5, 5.41) is 14.1. The van der Waals surface area contributed by atoms with Crippen molar-refractivity contribution in [3.05, 3.63) is 35.6 Å². The number of carboxylic acid groups (broad SMARTS) is 1. The molecule has 0 saturated carbocycles. The van der Waals surface area contributed by atoms with Crippen LogP contribution in [-0.2, 0) is 20.8 Å². The number of rotatable bonds is 7. The predicted molar refractivity (Wildman–Crippen MR) is 86.8 cm³/mol. The first-order valence-electron chi connectivity index (χ1n) is 7.64. The molecule has 0 aliphatic carbocycles. The van der Waals surface area contributed by atoms with Crippen LogP contribution in [0.25, 0.3) is 0 Å². The molecule has 1 rings (SSSR count). The van der Waals surface area contributed by atoms with Crippen LogP contribution in [0.3, 0.4) is 0 Å². The minimum absolute atomic E-state index is 0.0519. The Balaban J connectivity index is 2.52. The zero-order chi connectivity index (χ0) is 18.3. The molecule has 24 heavy (non-hydrogen) atoms. The van der Waals surface area contributed by atoms with E-state index in [1.165, 1.54) is 12.1 Å². The van der Waals surface area contributed by atoms with Gasteiger partial charge in [-0.25, -0.2) is 9.18 Å². The Hall–Kier alpha value is -2.44. The van der Waals surface area contributed by atoms with E-state index in [0.29, 0.717) is 6.42 Å². The highest BCUT2D eigenvalue weighted by Crippen LogP contribution is 2.06. The summed E-state index contributed by atoms with van der Waals surface area (Å²) in [6.45, 7) is 5.34. The van der Waals surface area contributed by atoms with Gasteiger partial charge in [-0.15, -0.1) is 0 Å². The summed E-state index contributed by atoms with van der Waals surface area (Å²) in [6, 6.07) is 4.43. The number of amides is 2. The molecule has 1 aromatic carbocycles. The van der Waals surface area contributed by atoms with Crippen molar-refractivity contribution in [2.24, 2.45) is 0 Å². The minimum atomic E-state index is -1.28. The molecule has 6 nitrogen and oxygen atoms in total. The zero-order valence-corrected chi connectivity index (χ0v) is 14.1. The van der Waals surface area contributed by atoms with Gasteiger partial charge in [0.25, 0.3) is 0 Å². The fraction of sp³-hybridized carbons (Fsp3) is 0.471. The maximum absolute atomic E-state index is 12.8. The highest BCUT2D eigenvalue weighted by atomic mass is 19.1. The number of carbonyl (C=O) groups excluding carboxylic acids is 2. The van der Waals surface area contributed by atoms with Crippen LogP contribution >= 0.6 is 0 Å². The van der Waals surface area contributed by atoms with E-state index < -0.39 is 29.4 Å². The van der Waals surface area contributed by atoms with Gasteiger partial charge in [-0.3, -0.25) is 9.59 Å². The van der Waals surface area contributed by atoms with Gasteiger partial charge >= 0.3 is 5.97 Å². The molecule has 3 N–H and O–H groups in total. The molecular weight excluding hydrogens is 315 g/mol. The van der Waals surface area contributed by atoms with E-state index in [1.807, 2.05) is 0 Å². The number of halogens is 1. The molecule has 0 aromatic heterocycles. The SMILES string of the molecule is CC(C)(C)NC(=O)CC(NC(=O)CCc1ccc(F)cc1)C(=O)O. The van der Waals surface area contributed by atoms with Crippen molar-refractivity contribution in [1.82, 2.24) is 10.6 Å². The van der Waals surface area contributed by atoms with E-state index in [1.54, 1.807) is 32.9 Å². The summed E-state index contributed by atoms with van der Waals surface area (Å²) < 4.78 is 12.8. The lowest BCUT2D eigenvalue weighted by molar-refractivity contribution is -0.143. The predicted octanol–water partition coefficient (Wildman–Crippen LogP) is 1.63. The second kappa shape index (κ2) is 8.42. The molecule has 132 valence electrons. The van der Waals surface area contributed by atoms with Crippen molar-refractivity contribution in [3.8, 4) is 0 Å². The van der Waals surface area contributed by atoms with Crippen LogP contribution in [0.4, 0.5) is 4.39 Å². The molecule has 0 bridgehead atoms. The van der Waals surface area contributed by atoms with Gasteiger partial charge in [0.2, 0.25) is 11.8 Å². The average Bonchev–Trinajstić information content (AvgIpc) is 2.44. The molecule has 1 atom stereocenters. The largest absolute Gasteiger partial charge is 0.480 e. The van der Waals surface area contributed by atoms with Crippen LogP contribution in [0.5, 0.6) is 0 Å². The summed E-state index contributed by atoms with van der Waals surface area (Å²) in [6.07, 6.45) is 0.0673. The Morgan fingerprint density at radius 1 is 1.12 bits per heavy atom. The normalized spacial score (nSPS) is 12.3. The Labute approximate surface area is 140 Å². The van der Waals surface area contributed by atoms with Crippen LogP contribution in [0.15, 0.2) is 24.3 Å². The highest BCUT2D eigenvalue weighted by molar-refractivity contribution is 5.88. The van der Waals surface area contributed by atoms with Gasteiger partial charge in [-0.2, -0.15) is 0 Å². The van der Waals surface area contributed by atoms with E-state index >= 15 is 0 Å². The van der Waals surface area contributed by atoms with Gasteiger partial charge in [0.15, 0.2) is 0 Å². The van der Waals surface area contributed by atoms with E-state index in [2.05, 4.69) is 10.6 Å². The van der Waals surface area contributed by atoms with Gasteiger partial charge in [-0.1, -0.05) is 12.1 Å². The lowest BCUT2D eigenvalue weighted by atomic mass is 10.1. The zero-order valence-electron chi connectivity index (χ0n) is 14.1. The number of aryl methyl sites for hydroxylation is 1. The van der Waals surface area contributed by atoms with Crippen molar-refractivity contribution in [2.45, 2.75) is 51.6 Å². The monoisotopic (exact) mass is 338 g/mol. The molecule has 0 heterocycles. The third kappa shape index (κ3) is 7.71. The number of nitrogens with one attached hydrogen (secondary N) is 2. The Kier molecular flexibility index (Phi) is 6.88. The van der Waals surface area contributed by atoms with Crippen LogP contribution < -0.4 is 10.6 Å². The lowest BCUT2D eigenvalue weighted by Crippen LogP contribution is -2.47. The van der Waals surface area contributed by atoms with Crippen molar-refractivity contribution >= 4 is 17.8 Å². The third-order valence-electron chi connectivity index (χ3n) is 3.09. The van der Waals surface area contributed by atoms with Gasteiger partial charge in [-0.05, 0) is 44.9 Å². The molecule has 1 unspecified atom stereocenters. The first-order chi connectivity index (χ1) is 11.1. The van der Waals surface area contributed by atoms with Crippen LogP contribution in [0.1, 0.15) is 39.2 Å². The van der Waals surface area contributed by atoms with Crippen molar-refractivity contribution in [1.29, 1.82) is 0 Å². The molecule has 0 aliphatic rings. The van der Waals surface area contributed by atoms with Gasteiger partial charge in [0, 0.05) is 12.0 Å². The molecule has 0 saturated heterocycles. The van der Waals surface area contributed by atoms with Crippen molar-refractivity contribution in [3.63, 3.8) is 0 Å². The van der Waals surface area contributed by atoms with Crippen molar-refractivity contribution < 1.29 is 23.9 Å². The quantitative estimate of drug-likeness (QED) is 0.704. The Morgan fingerprint density at radius 3 is 2.21 bits per heavy atom. The summed E-state index contributed by atoms with van der Waals surface area (Å²) in [4.78, 5) is 34.9. The number of benzene rings is 1. The third-order valence-corrected chi connectivity index (χ3v) is 3.09. The van der Waals surface area contributed by atoms with Crippen LogP contribution in [0, 0.1) is 5.82 Å². The second-order valence-corrected chi connectivity index (χ2v) is 6.59. The number of aliphatic carboxylic acids is 1. The number of carboxylic acids is 1. The number of hydrogen-bond donors (Lipinski definition) is 3. The lowest BCUT2D eigenvalue weighted by Gasteiger charge is -2.22. The van der Waals surface area contributed by atoms with Gasteiger partial charge in [0.05, 0.1) is 6.42 Å². The minimum Gasteiger partial charge on any atom is -0.480 e. The number of hydrogen-bond acceptors (Lipinski definition) is 3. The first kappa shape index (κ1) is 19.6. The van der Waals surface area contributed by atoms with Crippen LogP contribution in [0.2, 0.25) is 0 Å². The highest BCUT2D eigenvalue weighted by Gasteiger charge is 2.25. The first-order valence-corrected chi connectivity index (χ1v) is 7.64. The molecule has 1 aromatic rings. The molecular formula is C17H23FN2O4. The van der Waals surface area contributed by atoms with Crippen LogP contribution in [-0.4, -0.2) is 34.5 Å². The smallest absolute Gasteiger partial charge is 0.326 e. The fourth-order valence-corrected chi connectivity index (χ4v) is 2.03. The van der Waals surface area contributed by atoms with Crippen molar-refractivity contribution in [2.75, 3.05) is 0 Å². The maximum atomic E-state index is 12.8. The molecule has 0 radical (unpaired) electrons. The molecule has 2 amide bonds. The van der Waals surface area contributed by atoms with E-state index in [-0.39, 0.29) is 18.7 Å². The van der Waals surface area contributed by atoms with Gasteiger partial charge in [0.1, 0.15) is 11.9 Å². The summed E-state index contributed by atoms with van der Waals surface area (Å²) >= 11 is 0. The summed E-state index contributed by atoms with van der Waals surface area (Å²) in [7, 11) is 0.